The van der Waals surface area contributed by atoms with Crippen molar-refractivity contribution in [3.8, 4) is 0 Å². The van der Waals surface area contributed by atoms with Gasteiger partial charge in [0.15, 0.2) is 0 Å². The van der Waals surface area contributed by atoms with Crippen molar-refractivity contribution in [3.63, 3.8) is 0 Å². The molecule has 2 aromatic carbocycles. The van der Waals surface area contributed by atoms with Gasteiger partial charge in [-0.25, -0.2) is 0 Å². The third-order valence-corrected chi connectivity index (χ3v) is 4.31. The summed E-state index contributed by atoms with van der Waals surface area (Å²) in [4.78, 5) is 11.0. The number of hydrogen-bond donors (Lipinski definition) is 1. The van der Waals surface area contributed by atoms with Crippen LogP contribution >= 0.6 is 0 Å². The number of benzene rings is 2. The molecule has 0 aliphatic heterocycles. The smallest absolute Gasteiger partial charge is 0.303 e. The molecule has 116 valence electrons. The van der Waals surface area contributed by atoms with E-state index >= 15 is 0 Å². The van der Waals surface area contributed by atoms with Gasteiger partial charge in [-0.1, -0.05) is 67.6 Å². The molecular weight excluding hydrogens is 272 g/mol. The highest BCUT2D eigenvalue weighted by molar-refractivity contribution is 5.66. The maximum absolute atomic E-state index is 11.0. The summed E-state index contributed by atoms with van der Waals surface area (Å²) in [6, 6.07) is 20.8. The van der Waals surface area contributed by atoms with Gasteiger partial charge in [-0.15, -0.1) is 0 Å². The third-order valence-electron chi connectivity index (χ3n) is 4.31. The van der Waals surface area contributed by atoms with Crippen LogP contribution in [0.5, 0.6) is 0 Å². The Morgan fingerprint density at radius 2 is 1.41 bits per heavy atom. The highest BCUT2D eigenvalue weighted by Gasteiger charge is 2.19. The molecule has 2 aromatic rings. The number of hydrogen-bond acceptors (Lipinski definition) is 1. The van der Waals surface area contributed by atoms with Gasteiger partial charge in [-0.2, -0.15) is 0 Å². The van der Waals surface area contributed by atoms with Gasteiger partial charge >= 0.3 is 5.97 Å². The number of carboxylic acids is 1. The summed E-state index contributed by atoms with van der Waals surface area (Å²) in [6.45, 7) is 2.21. The lowest BCUT2D eigenvalue weighted by molar-refractivity contribution is -0.137. The molecule has 0 bridgehead atoms. The van der Waals surface area contributed by atoms with Crippen LogP contribution in [0.4, 0.5) is 0 Å². The topological polar surface area (TPSA) is 37.3 Å². The molecule has 2 rings (SSSR count). The Labute approximate surface area is 132 Å². The summed E-state index contributed by atoms with van der Waals surface area (Å²) in [7, 11) is 0. The fourth-order valence-corrected chi connectivity index (χ4v) is 3.05. The highest BCUT2D eigenvalue weighted by atomic mass is 16.4. The van der Waals surface area contributed by atoms with Crippen LogP contribution in [-0.2, 0) is 4.79 Å². The predicted octanol–water partition coefficient (Wildman–Crippen LogP) is 5.22. The number of rotatable bonds is 8. The molecule has 2 heteroatoms. The average Bonchev–Trinajstić information content (AvgIpc) is 2.56. The van der Waals surface area contributed by atoms with E-state index in [2.05, 4.69) is 43.3 Å². The Morgan fingerprint density at radius 1 is 0.909 bits per heavy atom. The summed E-state index contributed by atoms with van der Waals surface area (Å²) in [6.07, 6.45) is 2.99. The van der Waals surface area contributed by atoms with Crippen molar-refractivity contribution in [2.45, 2.75) is 44.4 Å². The Bertz CT molecular complexity index is 563. The van der Waals surface area contributed by atoms with Crippen LogP contribution in [0.25, 0.3) is 0 Å². The lowest BCUT2D eigenvalue weighted by Crippen LogP contribution is -2.08. The van der Waals surface area contributed by atoms with Crippen molar-refractivity contribution in [2.24, 2.45) is 0 Å². The van der Waals surface area contributed by atoms with Crippen LogP contribution in [-0.4, -0.2) is 11.1 Å². The minimum Gasteiger partial charge on any atom is -0.481 e. The maximum Gasteiger partial charge on any atom is 0.303 e. The molecule has 0 fully saturated rings. The van der Waals surface area contributed by atoms with Crippen molar-refractivity contribution < 1.29 is 9.90 Å². The van der Waals surface area contributed by atoms with Crippen LogP contribution in [0.1, 0.15) is 55.6 Å². The molecule has 2 atom stereocenters. The molecule has 22 heavy (non-hydrogen) atoms. The Hall–Kier alpha value is -2.09. The van der Waals surface area contributed by atoms with E-state index in [-0.39, 0.29) is 6.42 Å². The Kier molecular flexibility index (Phi) is 6.20. The number of carbonyl (C=O) groups is 1. The summed E-state index contributed by atoms with van der Waals surface area (Å²) in [5, 5.41) is 9.02. The zero-order valence-electron chi connectivity index (χ0n) is 13.1. The molecule has 1 N–H and O–H groups in total. The Balaban J connectivity index is 2.15. The third kappa shape index (κ3) is 4.73. The van der Waals surface area contributed by atoms with Crippen molar-refractivity contribution in [1.82, 2.24) is 0 Å². The lowest BCUT2D eigenvalue weighted by atomic mass is 9.81. The summed E-state index contributed by atoms with van der Waals surface area (Å²) in [5.74, 6) is 0.0522. The first-order valence-electron chi connectivity index (χ1n) is 8.02. The van der Waals surface area contributed by atoms with E-state index in [1.807, 2.05) is 24.3 Å². The monoisotopic (exact) mass is 296 g/mol. The van der Waals surface area contributed by atoms with E-state index in [0.29, 0.717) is 18.3 Å². The first kappa shape index (κ1) is 16.3. The van der Waals surface area contributed by atoms with Crippen molar-refractivity contribution in [3.05, 3.63) is 71.8 Å². The lowest BCUT2D eigenvalue weighted by Gasteiger charge is -2.23. The average molecular weight is 296 g/mol. The molecule has 0 saturated heterocycles. The van der Waals surface area contributed by atoms with Gasteiger partial charge in [0.25, 0.3) is 0 Å². The first-order valence-corrected chi connectivity index (χ1v) is 8.02. The molecule has 2 nitrogen and oxygen atoms in total. The van der Waals surface area contributed by atoms with E-state index < -0.39 is 5.97 Å². The van der Waals surface area contributed by atoms with E-state index in [1.54, 1.807) is 0 Å². The minimum absolute atomic E-state index is 0.227. The standard InChI is InChI=1S/C20H24O2/c1-2-16(17-9-5-3-6-10-17)15-19(13-14-20(21)22)18-11-7-4-8-12-18/h3-12,16,19H,2,13-15H2,1H3,(H,21,22). The molecule has 2 unspecified atom stereocenters. The van der Waals surface area contributed by atoms with Crippen molar-refractivity contribution in [1.29, 1.82) is 0 Å². The second kappa shape index (κ2) is 8.38. The molecular formula is C20H24O2. The van der Waals surface area contributed by atoms with E-state index in [4.69, 9.17) is 5.11 Å². The van der Waals surface area contributed by atoms with Gasteiger partial charge in [0, 0.05) is 6.42 Å². The Morgan fingerprint density at radius 3 is 1.86 bits per heavy atom. The quantitative estimate of drug-likeness (QED) is 0.725. The van der Waals surface area contributed by atoms with Crippen molar-refractivity contribution in [2.75, 3.05) is 0 Å². The van der Waals surface area contributed by atoms with E-state index in [1.165, 1.54) is 11.1 Å². The second-order valence-corrected chi connectivity index (χ2v) is 5.79. The fraction of sp³-hybridized carbons (Fsp3) is 0.350. The van der Waals surface area contributed by atoms with Gasteiger partial charge in [0.1, 0.15) is 0 Å². The largest absolute Gasteiger partial charge is 0.481 e. The van der Waals surface area contributed by atoms with Crippen LogP contribution in [0.3, 0.4) is 0 Å². The van der Waals surface area contributed by atoms with Gasteiger partial charge in [-0.3, -0.25) is 4.79 Å². The molecule has 0 aromatic heterocycles. The highest BCUT2D eigenvalue weighted by Crippen LogP contribution is 2.34. The van der Waals surface area contributed by atoms with E-state index in [0.717, 1.165) is 12.8 Å². The molecule has 0 aliphatic rings. The molecule has 0 amide bonds. The van der Waals surface area contributed by atoms with Gasteiger partial charge in [-0.05, 0) is 42.2 Å². The summed E-state index contributed by atoms with van der Waals surface area (Å²) in [5.41, 5.74) is 2.60. The first-order chi connectivity index (χ1) is 10.7. The summed E-state index contributed by atoms with van der Waals surface area (Å²) < 4.78 is 0. The molecule has 0 saturated carbocycles. The van der Waals surface area contributed by atoms with E-state index in [9.17, 15) is 4.79 Å². The van der Waals surface area contributed by atoms with Crippen molar-refractivity contribution >= 4 is 5.97 Å². The van der Waals surface area contributed by atoms with Gasteiger partial charge in [0.05, 0.1) is 0 Å². The zero-order chi connectivity index (χ0) is 15.8. The van der Waals surface area contributed by atoms with Crippen LogP contribution in [0.2, 0.25) is 0 Å². The molecule has 0 heterocycles. The van der Waals surface area contributed by atoms with Gasteiger partial charge in [0.2, 0.25) is 0 Å². The number of aliphatic carboxylic acids is 1. The fourth-order valence-electron chi connectivity index (χ4n) is 3.05. The van der Waals surface area contributed by atoms with Crippen LogP contribution in [0.15, 0.2) is 60.7 Å². The molecule has 0 aliphatic carbocycles. The SMILES string of the molecule is CCC(CC(CCC(=O)O)c1ccccc1)c1ccccc1. The predicted molar refractivity (Wildman–Crippen MR) is 90.1 cm³/mol. The van der Waals surface area contributed by atoms with Crippen LogP contribution < -0.4 is 0 Å². The second-order valence-electron chi connectivity index (χ2n) is 5.79. The van der Waals surface area contributed by atoms with Gasteiger partial charge < -0.3 is 5.11 Å². The maximum atomic E-state index is 11.0. The van der Waals surface area contributed by atoms with Crippen LogP contribution in [0, 0.1) is 0 Å². The normalized spacial score (nSPS) is 13.5. The zero-order valence-corrected chi connectivity index (χ0v) is 13.1. The molecule has 0 radical (unpaired) electrons. The summed E-state index contributed by atoms with van der Waals surface area (Å²) >= 11 is 0. The molecule has 0 spiro atoms. The number of carboxylic acid groups (broad SMARTS) is 1. The minimum atomic E-state index is -0.714.